The Morgan fingerprint density at radius 2 is 2.11 bits per heavy atom. The Balaban J connectivity index is 2.22. The lowest BCUT2D eigenvalue weighted by Gasteiger charge is -2.27. The fraction of sp³-hybridized carbons (Fsp3) is 0.267. The van der Waals surface area contributed by atoms with Crippen molar-refractivity contribution in [3.8, 4) is 0 Å². The normalized spacial score (nSPS) is 22.6. The first-order chi connectivity index (χ1) is 8.68. The molecule has 0 saturated heterocycles. The van der Waals surface area contributed by atoms with Gasteiger partial charge in [0.2, 0.25) is 0 Å². The Morgan fingerprint density at radius 3 is 2.61 bits per heavy atom. The lowest BCUT2D eigenvalue weighted by molar-refractivity contribution is -0.148. The number of carbonyl (C=O) groups is 1. The minimum absolute atomic E-state index is 0.192. The summed E-state index contributed by atoms with van der Waals surface area (Å²) in [5.41, 5.74) is 1.24. The quantitative estimate of drug-likeness (QED) is 0.885. The van der Waals surface area contributed by atoms with Crippen molar-refractivity contribution in [3.63, 3.8) is 0 Å². The number of methoxy groups -OCH3 is 1. The number of hydrogen-bond acceptors (Lipinski definition) is 2. The van der Waals surface area contributed by atoms with E-state index in [2.05, 4.69) is 0 Å². The Bertz CT molecular complexity index is 488. The molecular formula is C15H16O3. The fourth-order valence-corrected chi connectivity index (χ4v) is 2.11. The molecule has 0 aliphatic heterocycles. The molecule has 1 unspecified atom stereocenters. The van der Waals surface area contributed by atoms with Crippen molar-refractivity contribution < 1.29 is 14.6 Å². The monoisotopic (exact) mass is 244 g/mol. The Hall–Kier alpha value is -1.87. The van der Waals surface area contributed by atoms with E-state index in [0.29, 0.717) is 6.42 Å². The predicted molar refractivity (Wildman–Crippen MR) is 70.1 cm³/mol. The van der Waals surface area contributed by atoms with Gasteiger partial charge in [-0.25, -0.2) is 0 Å². The van der Waals surface area contributed by atoms with Crippen LogP contribution in [0.15, 0.2) is 48.6 Å². The SMILES string of the molecule is COCC1(C(=O)O)C=CC(c2ccccc2)=CC1. The van der Waals surface area contributed by atoms with Gasteiger partial charge in [0.05, 0.1) is 6.61 Å². The number of allylic oxidation sites excluding steroid dienone is 3. The van der Waals surface area contributed by atoms with E-state index in [1.807, 2.05) is 42.5 Å². The molecule has 0 bridgehead atoms. The molecule has 2 rings (SSSR count). The molecule has 0 saturated carbocycles. The van der Waals surface area contributed by atoms with Gasteiger partial charge in [0, 0.05) is 7.11 Å². The lowest BCUT2D eigenvalue weighted by Crippen LogP contribution is -2.34. The highest BCUT2D eigenvalue weighted by atomic mass is 16.5. The van der Waals surface area contributed by atoms with Crippen LogP contribution in [-0.4, -0.2) is 24.8 Å². The van der Waals surface area contributed by atoms with Crippen molar-refractivity contribution in [3.05, 3.63) is 54.1 Å². The molecule has 94 valence electrons. The van der Waals surface area contributed by atoms with Crippen LogP contribution in [0.1, 0.15) is 12.0 Å². The van der Waals surface area contributed by atoms with Gasteiger partial charge in [0.15, 0.2) is 0 Å². The molecule has 0 heterocycles. The predicted octanol–water partition coefficient (Wildman–Crippen LogP) is 2.75. The van der Waals surface area contributed by atoms with Crippen LogP contribution >= 0.6 is 0 Å². The van der Waals surface area contributed by atoms with E-state index >= 15 is 0 Å². The van der Waals surface area contributed by atoms with Gasteiger partial charge in [-0.2, -0.15) is 0 Å². The van der Waals surface area contributed by atoms with Gasteiger partial charge in [-0.1, -0.05) is 48.6 Å². The summed E-state index contributed by atoms with van der Waals surface area (Å²) in [6.45, 7) is 0.192. The molecule has 1 atom stereocenters. The highest BCUT2D eigenvalue weighted by Gasteiger charge is 2.36. The zero-order valence-electron chi connectivity index (χ0n) is 10.3. The third-order valence-corrected chi connectivity index (χ3v) is 3.20. The number of ether oxygens (including phenoxy) is 1. The molecular weight excluding hydrogens is 228 g/mol. The van der Waals surface area contributed by atoms with Crippen molar-refractivity contribution >= 4 is 11.5 Å². The van der Waals surface area contributed by atoms with Crippen LogP contribution in [0.4, 0.5) is 0 Å². The Morgan fingerprint density at radius 1 is 1.39 bits per heavy atom. The second-order valence-corrected chi connectivity index (χ2v) is 4.46. The van der Waals surface area contributed by atoms with Crippen LogP contribution in [0.2, 0.25) is 0 Å². The van der Waals surface area contributed by atoms with Gasteiger partial charge in [0.1, 0.15) is 5.41 Å². The van der Waals surface area contributed by atoms with Crippen molar-refractivity contribution in [2.24, 2.45) is 5.41 Å². The summed E-state index contributed by atoms with van der Waals surface area (Å²) in [4.78, 5) is 11.3. The van der Waals surface area contributed by atoms with Crippen LogP contribution in [0.5, 0.6) is 0 Å². The Kier molecular flexibility index (Phi) is 3.63. The standard InChI is InChI=1S/C15H16O3/c1-18-11-15(14(16)17)9-7-13(8-10-15)12-5-3-2-4-6-12/h2-9H,10-11H2,1H3,(H,16,17). The number of benzene rings is 1. The van der Waals surface area contributed by atoms with Crippen molar-refractivity contribution in [2.75, 3.05) is 13.7 Å². The highest BCUT2D eigenvalue weighted by molar-refractivity contribution is 5.83. The first-order valence-electron chi connectivity index (χ1n) is 5.85. The number of hydrogen-bond donors (Lipinski definition) is 1. The van der Waals surface area contributed by atoms with Gasteiger partial charge in [-0.15, -0.1) is 0 Å². The third kappa shape index (κ3) is 2.36. The smallest absolute Gasteiger partial charge is 0.316 e. The van der Waals surface area contributed by atoms with Gasteiger partial charge >= 0.3 is 5.97 Å². The molecule has 18 heavy (non-hydrogen) atoms. The zero-order valence-corrected chi connectivity index (χ0v) is 10.3. The molecule has 0 aromatic heterocycles. The molecule has 0 spiro atoms. The van der Waals surface area contributed by atoms with Crippen LogP contribution in [0, 0.1) is 5.41 Å². The summed E-state index contributed by atoms with van der Waals surface area (Å²) in [6.07, 6.45) is 6.02. The molecule has 1 aromatic rings. The van der Waals surface area contributed by atoms with E-state index in [9.17, 15) is 9.90 Å². The van der Waals surface area contributed by atoms with E-state index in [4.69, 9.17) is 4.74 Å². The molecule has 1 aliphatic rings. The first-order valence-corrected chi connectivity index (χ1v) is 5.85. The largest absolute Gasteiger partial charge is 0.481 e. The average Bonchev–Trinajstić information content (AvgIpc) is 2.41. The minimum atomic E-state index is -0.924. The molecule has 3 nitrogen and oxygen atoms in total. The maximum absolute atomic E-state index is 11.3. The fourth-order valence-electron chi connectivity index (χ4n) is 2.11. The van der Waals surface area contributed by atoms with Crippen molar-refractivity contribution in [1.29, 1.82) is 0 Å². The number of aliphatic carboxylic acids is 1. The van der Waals surface area contributed by atoms with Crippen LogP contribution < -0.4 is 0 Å². The molecule has 1 N–H and O–H groups in total. The molecule has 1 aromatic carbocycles. The maximum atomic E-state index is 11.3. The van der Waals surface area contributed by atoms with Gasteiger partial charge < -0.3 is 9.84 Å². The molecule has 1 aliphatic carbocycles. The lowest BCUT2D eigenvalue weighted by atomic mass is 9.80. The maximum Gasteiger partial charge on any atom is 0.316 e. The van der Waals surface area contributed by atoms with Gasteiger partial charge in [0.25, 0.3) is 0 Å². The van der Waals surface area contributed by atoms with Crippen molar-refractivity contribution in [1.82, 2.24) is 0 Å². The van der Waals surface area contributed by atoms with E-state index < -0.39 is 11.4 Å². The zero-order chi connectivity index (χ0) is 13.0. The van der Waals surface area contributed by atoms with E-state index in [-0.39, 0.29) is 6.61 Å². The second kappa shape index (κ2) is 5.19. The summed E-state index contributed by atoms with van der Waals surface area (Å²) < 4.78 is 5.03. The molecule has 0 fully saturated rings. The molecule has 3 heteroatoms. The first kappa shape index (κ1) is 12.6. The van der Waals surface area contributed by atoms with E-state index in [0.717, 1.165) is 11.1 Å². The topological polar surface area (TPSA) is 46.5 Å². The van der Waals surface area contributed by atoms with Crippen LogP contribution in [0.3, 0.4) is 0 Å². The summed E-state index contributed by atoms with van der Waals surface area (Å²) in [5.74, 6) is -0.844. The molecule has 0 amide bonds. The Labute approximate surface area is 106 Å². The van der Waals surface area contributed by atoms with Crippen molar-refractivity contribution in [2.45, 2.75) is 6.42 Å². The van der Waals surface area contributed by atoms with Crippen LogP contribution in [0.25, 0.3) is 5.57 Å². The third-order valence-electron chi connectivity index (χ3n) is 3.20. The highest BCUT2D eigenvalue weighted by Crippen LogP contribution is 2.33. The van der Waals surface area contributed by atoms with E-state index in [1.165, 1.54) is 7.11 Å². The summed E-state index contributed by atoms with van der Waals surface area (Å²) in [6, 6.07) is 9.93. The number of carboxylic acids is 1. The van der Waals surface area contributed by atoms with Gasteiger partial charge in [-0.3, -0.25) is 4.79 Å². The average molecular weight is 244 g/mol. The number of rotatable bonds is 4. The van der Waals surface area contributed by atoms with E-state index in [1.54, 1.807) is 6.08 Å². The summed E-state index contributed by atoms with van der Waals surface area (Å²) in [5, 5.41) is 9.32. The van der Waals surface area contributed by atoms with Crippen LogP contribution in [-0.2, 0) is 9.53 Å². The van der Waals surface area contributed by atoms with Gasteiger partial charge in [-0.05, 0) is 17.6 Å². The minimum Gasteiger partial charge on any atom is -0.481 e. The molecule has 0 radical (unpaired) electrons. The number of carboxylic acid groups (broad SMARTS) is 1. The second-order valence-electron chi connectivity index (χ2n) is 4.46. The summed E-state index contributed by atoms with van der Waals surface area (Å²) >= 11 is 0. The summed E-state index contributed by atoms with van der Waals surface area (Å²) in [7, 11) is 1.52.